The van der Waals surface area contributed by atoms with Gasteiger partial charge in [-0.2, -0.15) is 0 Å². The average Bonchev–Trinajstić information content (AvgIpc) is 2.28. The molecule has 0 spiro atoms. The zero-order valence-corrected chi connectivity index (χ0v) is 11.1. The lowest BCUT2D eigenvalue weighted by Gasteiger charge is -2.25. The highest BCUT2D eigenvalue weighted by molar-refractivity contribution is 5.89. The van der Waals surface area contributed by atoms with E-state index in [0.29, 0.717) is 18.0 Å². The Morgan fingerprint density at radius 3 is 2.78 bits per heavy atom. The van der Waals surface area contributed by atoms with Gasteiger partial charge in [0.1, 0.15) is 5.75 Å². The van der Waals surface area contributed by atoms with Crippen LogP contribution in [0.4, 0.5) is 10.5 Å². The third-order valence-corrected chi connectivity index (χ3v) is 2.55. The number of carbonyl (C=O) groups excluding carboxylic acids is 1. The van der Waals surface area contributed by atoms with E-state index in [2.05, 4.69) is 10.6 Å². The van der Waals surface area contributed by atoms with Gasteiger partial charge in [0, 0.05) is 17.3 Å². The van der Waals surface area contributed by atoms with Gasteiger partial charge in [0.25, 0.3) is 0 Å². The van der Waals surface area contributed by atoms with Gasteiger partial charge in [-0.3, -0.25) is 0 Å². The minimum absolute atomic E-state index is 0.248. The zero-order chi connectivity index (χ0) is 13.6. The van der Waals surface area contributed by atoms with Gasteiger partial charge in [-0.25, -0.2) is 4.79 Å². The first-order valence-electron chi connectivity index (χ1n) is 5.90. The van der Waals surface area contributed by atoms with Crippen LogP contribution in [0, 0.1) is 0 Å². The number of nitrogens with one attached hydrogen (secondary N) is 2. The number of anilines is 1. The normalized spacial score (nSPS) is 10.9. The molecular formula is C13H21N3O2. The lowest BCUT2D eigenvalue weighted by molar-refractivity contribution is 0.240. The second kappa shape index (κ2) is 6.26. The predicted molar refractivity (Wildman–Crippen MR) is 72.9 cm³/mol. The summed E-state index contributed by atoms with van der Waals surface area (Å²) in [5.74, 6) is 0.703. The van der Waals surface area contributed by atoms with Crippen LogP contribution in [0.15, 0.2) is 24.3 Å². The largest absolute Gasteiger partial charge is 0.497 e. The van der Waals surface area contributed by atoms with Gasteiger partial charge in [-0.05, 0) is 38.9 Å². The molecular weight excluding hydrogens is 230 g/mol. The summed E-state index contributed by atoms with van der Waals surface area (Å²) in [6.07, 6.45) is 0.721. The second-order valence-electron chi connectivity index (χ2n) is 4.73. The fourth-order valence-corrected chi connectivity index (χ4v) is 1.59. The molecule has 0 aliphatic carbocycles. The quantitative estimate of drug-likeness (QED) is 0.748. The molecule has 18 heavy (non-hydrogen) atoms. The van der Waals surface area contributed by atoms with Crippen molar-refractivity contribution in [2.24, 2.45) is 5.73 Å². The lowest BCUT2D eigenvalue weighted by Crippen LogP contribution is -2.46. The van der Waals surface area contributed by atoms with E-state index < -0.39 is 0 Å². The third kappa shape index (κ3) is 4.63. The van der Waals surface area contributed by atoms with Gasteiger partial charge in [-0.15, -0.1) is 0 Å². The fraction of sp³-hybridized carbons (Fsp3) is 0.462. The Morgan fingerprint density at radius 2 is 2.17 bits per heavy atom. The maximum absolute atomic E-state index is 11.8. The van der Waals surface area contributed by atoms with Crippen molar-refractivity contribution in [1.29, 1.82) is 0 Å². The van der Waals surface area contributed by atoms with Crippen LogP contribution in [0.3, 0.4) is 0 Å². The van der Waals surface area contributed by atoms with Crippen molar-refractivity contribution in [3.8, 4) is 5.75 Å². The number of hydrogen-bond acceptors (Lipinski definition) is 3. The topological polar surface area (TPSA) is 76.4 Å². The van der Waals surface area contributed by atoms with E-state index in [-0.39, 0.29) is 11.6 Å². The Hall–Kier alpha value is -1.75. The maximum atomic E-state index is 11.8. The molecule has 5 nitrogen and oxygen atoms in total. The molecule has 0 unspecified atom stereocenters. The summed E-state index contributed by atoms with van der Waals surface area (Å²) in [5.41, 5.74) is 5.86. The van der Waals surface area contributed by atoms with Crippen molar-refractivity contribution in [1.82, 2.24) is 5.32 Å². The molecule has 5 heteroatoms. The lowest BCUT2D eigenvalue weighted by atomic mass is 10.0. The first-order valence-corrected chi connectivity index (χ1v) is 5.90. The van der Waals surface area contributed by atoms with Crippen LogP contribution in [0.5, 0.6) is 5.75 Å². The summed E-state index contributed by atoms with van der Waals surface area (Å²) >= 11 is 0. The van der Waals surface area contributed by atoms with E-state index in [4.69, 9.17) is 10.5 Å². The zero-order valence-electron chi connectivity index (χ0n) is 11.1. The minimum atomic E-state index is -0.322. The van der Waals surface area contributed by atoms with Crippen molar-refractivity contribution in [3.05, 3.63) is 24.3 Å². The molecule has 100 valence electrons. The van der Waals surface area contributed by atoms with Crippen molar-refractivity contribution in [2.45, 2.75) is 25.8 Å². The molecule has 1 rings (SSSR count). The van der Waals surface area contributed by atoms with Crippen LogP contribution in [0.2, 0.25) is 0 Å². The van der Waals surface area contributed by atoms with E-state index >= 15 is 0 Å². The molecule has 0 saturated carbocycles. The molecule has 0 atom stereocenters. The number of nitrogens with two attached hydrogens (primary N) is 1. The predicted octanol–water partition coefficient (Wildman–Crippen LogP) is 1.94. The Labute approximate surface area is 108 Å². The number of rotatable bonds is 5. The van der Waals surface area contributed by atoms with Gasteiger partial charge in [0.15, 0.2) is 0 Å². The monoisotopic (exact) mass is 251 g/mol. The molecule has 0 aliphatic heterocycles. The number of methoxy groups -OCH3 is 1. The van der Waals surface area contributed by atoms with E-state index in [1.54, 1.807) is 19.2 Å². The van der Waals surface area contributed by atoms with E-state index in [1.807, 2.05) is 26.0 Å². The summed E-state index contributed by atoms with van der Waals surface area (Å²) in [7, 11) is 1.59. The molecule has 2 amide bonds. The number of ether oxygens (including phenoxy) is 1. The molecule has 0 saturated heterocycles. The van der Waals surface area contributed by atoms with Gasteiger partial charge in [-0.1, -0.05) is 6.07 Å². The summed E-state index contributed by atoms with van der Waals surface area (Å²) in [6, 6.07) is 6.95. The van der Waals surface area contributed by atoms with Crippen LogP contribution in [-0.2, 0) is 0 Å². The standard InChI is InChI=1S/C13H21N3O2/c1-13(2,7-8-14)16-12(17)15-10-5-4-6-11(9-10)18-3/h4-6,9H,7-8,14H2,1-3H3,(H2,15,16,17). The highest BCUT2D eigenvalue weighted by atomic mass is 16.5. The summed E-state index contributed by atoms with van der Waals surface area (Å²) in [5, 5.41) is 5.63. The maximum Gasteiger partial charge on any atom is 0.319 e. The number of hydrogen-bond donors (Lipinski definition) is 3. The minimum Gasteiger partial charge on any atom is -0.497 e. The fourth-order valence-electron chi connectivity index (χ4n) is 1.59. The molecule has 0 aromatic heterocycles. The third-order valence-electron chi connectivity index (χ3n) is 2.55. The molecule has 0 radical (unpaired) electrons. The summed E-state index contributed by atoms with van der Waals surface area (Å²) < 4.78 is 5.09. The van der Waals surface area contributed by atoms with E-state index in [9.17, 15) is 4.79 Å². The van der Waals surface area contributed by atoms with Crippen LogP contribution in [0.25, 0.3) is 0 Å². The smallest absolute Gasteiger partial charge is 0.319 e. The molecule has 4 N–H and O–H groups in total. The van der Waals surface area contributed by atoms with Crippen molar-refractivity contribution < 1.29 is 9.53 Å². The van der Waals surface area contributed by atoms with Gasteiger partial charge in [0.05, 0.1) is 7.11 Å². The van der Waals surface area contributed by atoms with Gasteiger partial charge < -0.3 is 21.1 Å². The Morgan fingerprint density at radius 1 is 1.44 bits per heavy atom. The van der Waals surface area contributed by atoms with Crippen molar-refractivity contribution in [3.63, 3.8) is 0 Å². The van der Waals surface area contributed by atoms with Crippen LogP contribution >= 0.6 is 0 Å². The number of carbonyl (C=O) groups is 1. The molecule has 0 aliphatic rings. The SMILES string of the molecule is COc1cccc(NC(=O)NC(C)(C)CCN)c1. The molecule has 1 aromatic carbocycles. The molecule has 1 aromatic rings. The summed E-state index contributed by atoms with van der Waals surface area (Å²) in [6.45, 7) is 4.41. The number of amides is 2. The van der Waals surface area contributed by atoms with E-state index in [1.165, 1.54) is 0 Å². The Bertz CT molecular complexity index is 405. The van der Waals surface area contributed by atoms with Gasteiger partial charge in [0.2, 0.25) is 0 Å². The van der Waals surface area contributed by atoms with Crippen molar-refractivity contribution in [2.75, 3.05) is 19.0 Å². The average molecular weight is 251 g/mol. The van der Waals surface area contributed by atoms with Crippen LogP contribution in [0.1, 0.15) is 20.3 Å². The van der Waals surface area contributed by atoms with E-state index in [0.717, 1.165) is 6.42 Å². The molecule has 0 fully saturated rings. The molecule has 0 bridgehead atoms. The highest BCUT2D eigenvalue weighted by Gasteiger charge is 2.19. The highest BCUT2D eigenvalue weighted by Crippen LogP contribution is 2.17. The first kappa shape index (κ1) is 14.3. The summed E-state index contributed by atoms with van der Waals surface area (Å²) in [4.78, 5) is 11.8. The number of benzene rings is 1. The van der Waals surface area contributed by atoms with Gasteiger partial charge >= 0.3 is 6.03 Å². The Kier molecular flexibility index (Phi) is 4.97. The number of urea groups is 1. The van der Waals surface area contributed by atoms with Crippen LogP contribution in [-0.4, -0.2) is 25.2 Å². The van der Waals surface area contributed by atoms with Crippen LogP contribution < -0.4 is 21.1 Å². The first-order chi connectivity index (χ1) is 8.46. The second-order valence-corrected chi connectivity index (χ2v) is 4.73. The Balaban J connectivity index is 2.59. The molecule has 0 heterocycles. The van der Waals surface area contributed by atoms with Crippen molar-refractivity contribution >= 4 is 11.7 Å².